The molecule has 0 spiro atoms. The zero-order valence-corrected chi connectivity index (χ0v) is 9.53. The van der Waals surface area contributed by atoms with Gasteiger partial charge in [-0.3, -0.25) is 9.69 Å². The van der Waals surface area contributed by atoms with Crippen LogP contribution >= 0.6 is 0 Å². The van der Waals surface area contributed by atoms with E-state index in [0.717, 1.165) is 25.8 Å². The van der Waals surface area contributed by atoms with Gasteiger partial charge in [0.1, 0.15) is 0 Å². The van der Waals surface area contributed by atoms with Gasteiger partial charge in [-0.15, -0.1) is 0 Å². The maximum atomic E-state index is 11.4. The molecule has 0 saturated carbocycles. The van der Waals surface area contributed by atoms with E-state index in [0.29, 0.717) is 0 Å². The van der Waals surface area contributed by atoms with Gasteiger partial charge in [-0.2, -0.15) is 0 Å². The Morgan fingerprint density at radius 1 is 1.44 bits per heavy atom. The molecule has 3 N–H and O–H groups in total. The highest BCUT2D eigenvalue weighted by atomic mass is 16.4. The number of carboxylic acid groups (broad SMARTS) is 1. The van der Waals surface area contributed by atoms with Crippen LogP contribution in [-0.4, -0.2) is 48.3 Å². The molecule has 1 rings (SSSR count). The predicted octanol–water partition coefficient (Wildman–Crippen LogP) is 0.202. The number of nitrogens with zero attached hydrogens (tertiary/aromatic N) is 1. The molecule has 6 nitrogen and oxygen atoms in total. The largest absolute Gasteiger partial charge is 0.481 e. The molecule has 1 atom stereocenters. The molecule has 1 aliphatic heterocycles. The zero-order valence-electron chi connectivity index (χ0n) is 9.53. The number of carbonyl (C=O) groups excluding carboxylic acids is 1. The van der Waals surface area contributed by atoms with Crippen LogP contribution in [0.4, 0.5) is 4.79 Å². The van der Waals surface area contributed by atoms with Gasteiger partial charge in [0.15, 0.2) is 0 Å². The van der Waals surface area contributed by atoms with Gasteiger partial charge in [-0.25, -0.2) is 4.79 Å². The van der Waals surface area contributed by atoms with Crippen LogP contribution in [0.2, 0.25) is 0 Å². The summed E-state index contributed by atoms with van der Waals surface area (Å²) in [4.78, 5) is 23.7. The summed E-state index contributed by atoms with van der Waals surface area (Å²) < 4.78 is 0. The summed E-state index contributed by atoms with van der Waals surface area (Å²) in [6.45, 7) is 1.15. The minimum absolute atomic E-state index is 0.0477. The first kappa shape index (κ1) is 12.8. The Morgan fingerprint density at radius 2 is 2.19 bits per heavy atom. The minimum atomic E-state index is -0.907. The number of carboxylic acids is 1. The average molecular weight is 229 g/mol. The Morgan fingerprint density at radius 3 is 2.81 bits per heavy atom. The van der Waals surface area contributed by atoms with Gasteiger partial charge in [0.05, 0.1) is 12.6 Å². The van der Waals surface area contributed by atoms with Crippen molar-refractivity contribution in [3.63, 3.8) is 0 Å². The predicted molar refractivity (Wildman–Crippen MR) is 59.1 cm³/mol. The standard InChI is InChI=1S/C10H19N3O3/c1-13-7-3-2-4-8(13)12-10(16)11-6-5-9(14)15/h8H,2-7H2,1H3,(H,14,15)(H2,11,12,16). The number of hydrogen-bond donors (Lipinski definition) is 3. The normalized spacial score (nSPS) is 21.4. The fraction of sp³-hybridized carbons (Fsp3) is 0.800. The minimum Gasteiger partial charge on any atom is -0.481 e. The molecule has 1 fully saturated rings. The van der Waals surface area contributed by atoms with E-state index in [2.05, 4.69) is 15.5 Å². The first-order valence-corrected chi connectivity index (χ1v) is 5.56. The molecule has 1 saturated heterocycles. The first-order chi connectivity index (χ1) is 7.59. The van der Waals surface area contributed by atoms with E-state index < -0.39 is 5.97 Å². The SMILES string of the molecule is CN1CCCCC1NC(=O)NCCC(=O)O. The van der Waals surface area contributed by atoms with Crippen molar-refractivity contribution < 1.29 is 14.7 Å². The summed E-state index contributed by atoms with van der Waals surface area (Å²) in [6, 6.07) is -0.292. The van der Waals surface area contributed by atoms with Crippen molar-refractivity contribution >= 4 is 12.0 Å². The van der Waals surface area contributed by atoms with Crippen LogP contribution < -0.4 is 10.6 Å². The number of nitrogens with one attached hydrogen (secondary N) is 2. The third-order valence-corrected chi connectivity index (χ3v) is 2.69. The Labute approximate surface area is 95.0 Å². The van der Waals surface area contributed by atoms with Crippen LogP contribution in [0, 0.1) is 0 Å². The number of piperidine rings is 1. The summed E-state index contributed by atoms with van der Waals surface area (Å²) in [5, 5.41) is 13.8. The molecule has 0 bridgehead atoms. The van der Waals surface area contributed by atoms with Crippen LogP contribution in [0.3, 0.4) is 0 Å². The van der Waals surface area contributed by atoms with E-state index in [9.17, 15) is 9.59 Å². The molecule has 0 radical (unpaired) electrons. The Bertz CT molecular complexity index is 258. The molecule has 1 aliphatic rings. The molecule has 0 aromatic heterocycles. The molecule has 92 valence electrons. The quantitative estimate of drug-likeness (QED) is 0.643. The number of amides is 2. The lowest BCUT2D eigenvalue weighted by Crippen LogP contribution is -2.51. The van der Waals surface area contributed by atoms with Crippen LogP contribution in [0.1, 0.15) is 25.7 Å². The fourth-order valence-electron chi connectivity index (χ4n) is 1.74. The number of carbonyl (C=O) groups is 2. The van der Waals surface area contributed by atoms with Crippen molar-refractivity contribution in [1.82, 2.24) is 15.5 Å². The van der Waals surface area contributed by atoms with Gasteiger partial charge in [-0.05, 0) is 32.9 Å². The van der Waals surface area contributed by atoms with E-state index in [1.54, 1.807) is 0 Å². The first-order valence-electron chi connectivity index (χ1n) is 5.56. The molecule has 16 heavy (non-hydrogen) atoms. The highest BCUT2D eigenvalue weighted by Gasteiger charge is 2.20. The van der Waals surface area contributed by atoms with Crippen LogP contribution in [0.15, 0.2) is 0 Å². The Hall–Kier alpha value is -1.30. The maximum absolute atomic E-state index is 11.4. The molecular formula is C10H19N3O3. The van der Waals surface area contributed by atoms with Crippen LogP contribution in [0.5, 0.6) is 0 Å². The van der Waals surface area contributed by atoms with Crippen LogP contribution in [0.25, 0.3) is 0 Å². The van der Waals surface area contributed by atoms with Gasteiger partial charge in [0.25, 0.3) is 0 Å². The molecule has 2 amide bonds. The maximum Gasteiger partial charge on any atom is 0.316 e. The molecule has 6 heteroatoms. The van der Waals surface area contributed by atoms with Crippen molar-refractivity contribution in [2.45, 2.75) is 31.8 Å². The van der Waals surface area contributed by atoms with E-state index in [-0.39, 0.29) is 25.2 Å². The van der Waals surface area contributed by atoms with E-state index in [4.69, 9.17) is 5.11 Å². The summed E-state index contributed by atoms with van der Waals surface area (Å²) in [5.41, 5.74) is 0. The molecule has 0 aromatic carbocycles. The third-order valence-electron chi connectivity index (χ3n) is 2.69. The number of hydrogen-bond acceptors (Lipinski definition) is 3. The Balaban J connectivity index is 2.19. The lowest BCUT2D eigenvalue weighted by molar-refractivity contribution is -0.136. The summed E-state index contributed by atoms with van der Waals surface area (Å²) >= 11 is 0. The number of urea groups is 1. The second-order valence-electron chi connectivity index (χ2n) is 4.04. The molecule has 1 heterocycles. The van der Waals surface area contributed by atoms with Crippen molar-refractivity contribution in [2.24, 2.45) is 0 Å². The summed E-state index contributed by atoms with van der Waals surface area (Å²) in [6.07, 6.45) is 3.25. The summed E-state index contributed by atoms with van der Waals surface area (Å²) in [5.74, 6) is -0.907. The average Bonchev–Trinajstić information content (AvgIpc) is 2.21. The van der Waals surface area contributed by atoms with E-state index in [1.165, 1.54) is 0 Å². The molecular weight excluding hydrogens is 210 g/mol. The second-order valence-corrected chi connectivity index (χ2v) is 4.04. The smallest absolute Gasteiger partial charge is 0.316 e. The summed E-state index contributed by atoms with van der Waals surface area (Å²) in [7, 11) is 1.97. The Kier molecular flexibility index (Phi) is 5.04. The fourth-order valence-corrected chi connectivity index (χ4v) is 1.74. The van der Waals surface area contributed by atoms with Crippen LogP contribution in [-0.2, 0) is 4.79 Å². The van der Waals surface area contributed by atoms with Gasteiger partial charge >= 0.3 is 12.0 Å². The highest BCUT2D eigenvalue weighted by molar-refractivity contribution is 5.75. The zero-order chi connectivity index (χ0) is 12.0. The van der Waals surface area contributed by atoms with Crippen molar-refractivity contribution in [2.75, 3.05) is 20.1 Å². The second kappa shape index (κ2) is 6.32. The lowest BCUT2D eigenvalue weighted by Gasteiger charge is -2.32. The third kappa shape index (κ3) is 4.48. The topological polar surface area (TPSA) is 81.7 Å². The molecule has 0 aromatic rings. The molecule has 1 unspecified atom stereocenters. The number of likely N-dealkylation sites (tertiary alicyclic amines) is 1. The van der Waals surface area contributed by atoms with Gasteiger partial charge in [0, 0.05) is 6.54 Å². The van der Waals surface area contributed by atoms with Gasteiger partial charge in [0.2, 0.25) is 0 Å². The van der Waals surface area contributed by atoms with Gasteiger partial charge in [-0.1, -0.05) is 0 Å². The van der Waals surface area contributed by atoms with Gasteiger partial charge < -0.3 is 15.7 Å². The van der Waals surface area contributed by atoms with E-state index >= 15 is 0 Å². The van der Waals surface area contributed by atoms with Crippen molar-refractivity contribution in [3.8, 4) is 0 Å². The lowest BCUT2D eigenvalue weighted by atomic mass is 10.1. The van der Waals surface area contributed by atoms with Crippen molar-refractivity contribution in [1.29, 1.82) is 0 Å². The molecule has 0 aliphatic carbocycles. The number of aliphatic carboxylic acids is 1. The monoisotopic (exact) mass is 229 g/mol. The highest BCUT2D eigenvalue weighted by Crippen LogP contribution is 2.12. The van der Waals surface area contributed by atoms with Crippen molar-refractivity contribution in [3.05, 3.63) is 0 Å². The van der Waals surface area contributed by atoms with E-state index in [1.807, 2.05) is 7.05 Å². The number of rotatable bonds is 4.